The van der Waals surface area contributed by atoms with E-state index in [0.29, 0.717) is 28.7 Å². The Morgan fingerprint density at radius 3 is 2.54 bits per heavy atom. The van der Waals surface area contributed by atoms with Gasteiger partial charge in [0, 0.05) is 29.0 Å². The van der Waals surface area contributed by atoms with Crippen LogP contribution in [-0.2, 0) is 0 Å². The Balaban J connectivity index is 1.81. The lowest BCUT2D eigenvalue weighted by Crippen LogP contribution is -2.06. The van der Waals surface area contributed by atoms with Crippen LogP contribution in [-0.4, -0.2) is 26.0 Å². The summed E-state index contributed by atoms with van der Waals surface area (Å²) in [6.45, 7) is 0.207. The zero-order chi connectivity index (χ0) is 18.1. The van der Waals surface area contributed by atoms with E-state index < -0.39 is 0 Å². The van der Waals surface area contributed by atoms with Crippen molar-refractivity contribution in [3.05, 3.63) is 58.9 Å². The van der Waals surface area contributed by atoms with Gasteiger partial charge in [-0.2, -0.15) is 0 Å². The highest BCUT2D eigenvalue weighted by atomic mass is 16.7. The highest BCUT2D eigenvalue weighted by Crippen LogP contribution is 2.37. The first-order valence-electron chi connectivity index (χ1n) is 8.05. The van der Waals surface area contributed by atoms with Gasteiger partial charge < -0.3 is 23.9 Å². The molecule has 4 rings (SSSR count). The monoisotopic (exact) mass is 351 g/mol. The minimum absolute atomic E-state index is 0.201. The van der Waals surface area contributed by atoms with E-state index in [4.69, 9.17) is 18.9 Å². The minimum atomic E-state index is -0.201. The molecule has 0 aliphatic carbocycles. The zero-order valence-corrected chi connectivity index (χ0v) is 14.4. The van der Waals surface area contributed by atoms with Gasteiger partial charge in [-0.25, -0.2) is 0 Å². The molecule has 132 valence electrons. The number of fused-ring (bicyclic) bond motifs is 1. The molecule has 1 aliphatic heterocycles. The van der Waals surface area contributed by atoms with Crippen LogP contribution in [0.2, 0.25) is 0 Å². The molecule has 6 nitrogen and oxygen atoms in total. The second kappa shape index (κ2) is 6.48. The van der Waals surface area contributed by atoms with Crippen molar-refractivity contribution in [2.24, 2.45) is 0 Å². The van der Waals surface area contributed by atoms with Crippen LogP contribution in [0.5, 0.6) is 23.0 Å². The first-order chi connectivity index (χ1) is 12.7. The average molecular weight is 351 g/mol. The van der Waals surface area contributed by atoms with Gasteiger partial charge in [-0.1, -0.05) is 0 Å². The Hall–Kier alpha value is -3.41. The van der Waals surface area contributed by atoms with Crippen molar-refractivity contribution >= 4 is 0 Å². The van der Waals surface area contributed by atoms with Gasteiger partial charge in [0.05, 0.1) is 14.2 Å². The van der Waals surface area contributed by atoms with E-state index in [-0.39, 0.29) is 12.4 Å². The number of H-pyrrole nitrogens is 1. The van der Waals surface area contributed by atoms with E-state index in [2.05, 4.69) is 4.98 Å². The average Bonchev–Trinajstić information content (AvgIpc) is 3.14. The summed E-state index contributed by atoms with van der Waals surface area (Å²) in [4.78, 5) is 15.1. The summed E-state index contributed by atoms with van der Waals surface area (Å²) in [6.07, 6.45) is 0. The van der Waals surface area contributed by atoms with E-state index in [1.54, 1.807) is 26.4 Å². The number of benzene rings is 2. The quantitative estimate of drug-likeness (QED) is 0.780. The highest BCUT2D eigenvalue weighted by Gasteiger charge is 2.15. The fourth-order valence-corrected chi connectivity index (χ4v) is 2.96. The molecule has 1 N–H and O–H groups in total. The summed E-state index contributed by atoms with van der Waals surface area (Å²) < 4.78 is 21.4. The molecule has 2 heterocycles. The van der Waals surface area contributed by atoms with E-state index in [1.165, 1.54) is 0 Å². The molecule has 26 heavy (non-hydrogen) atoms. The Morgan fingerprint density at radius 2 is 1.73 bits per heavy atom. The Labute approximate surface area is 149 Å². The summed E-state index contributed by atoms with van der Waals surface area (Å²) in [5, 5.41) is 0. The molecule has 1 aromatic heterocycles. The van der Waals surface area contributed by atoms with Crippen LogP contribution >= 0.6 is 0 Å². The summed E-state index contributed by atoms with van der Waals surface area (Å²) in [6, 6.07) is 14.5. The molecule has 0 radical (unpaired) electrons. The summed E-state index contributed by atoms with van der Waals surface area (Å²) in [7, 11) is 3.18. The number of methoxy groups -OCH3 is 2. The standard InChI is InChI=1S/C20H17NO5/c1-23-14-4-5-15(18(10-14)24-2)13-7-16(21-20(22)9-13)12-3-6-17-19(8-12)26-11-25-17/h3-10H,11H2,1-2H3,(H,21,22). The van der Waals surface area contributed by atoms with E-state index >= 15 is 0 Å². The van der Waals surface area contributed by atoms with E-state index in [9.17, 15) is 4.79 Å². The lowest BCUT2D eigenvalue weighted by molar-refractivity contribution is 0.174. The first-order valence-corrected chi connectivity index (χ1v) is 8.05. The highest BCUT2D eigenvalue weighted by molar-refractivity contribution is 5.76. The van der Waals surface area contributed by atoms with Crippen molar-refractivity contribution in [1.82, 2.24) is 4.98 Å². The molecule has 2 aromatic carbocycles. The summed E-state index contributed by atoms with van der Waals surface area (Å²) in [5.74, 6) is 2.68. The second-order valence-corrected chi connectivity index (χ2v) is 5.78. The molecule has 0 saturated carbocycles. The molecule has 0 amide bonds. The first kappa shape index (κ1) is 16.1. The molecule has 0 saturated heterocycles. The largest absolute Gasteiger partial charge is 0.497 e. The molecule has 6 heteroatoms. The van der Waals surface area contributed by atoms with Crippen molar-refractivity contribution in [2.45, 2.75) is 0 Å². The molecular formula is C20H17NO5. The SMILES string of the molecule is COc1ccc(-c2cc(-c3ccc4c(c3)OCO4)[nH]c(=O)c2)c(OC)c1. The second-order valence-electron chi connectivity index (χ2n) is 5.78. The lowest BCUT2D eigenvalue weighted by Gasteiger charge is -2.12. The number of nitrogens with one attached hydrogen (secondary N) is 1. The zero-order valence-electron chi connectivity index (χ0n) is 14.4. The Bertz CT molecular complexity index is 1020. The maximum Gasteiger partial charge on any atom is 0.249 e. The van der Waals surface area contributed by atoms with Crippen LogP contribution in [0.25, 0.3) is 22.4 Å². The van der Waals surface area contributed by atoms with Crippen molar-refractivity contribution < 1.29 is 18.9 Å². The number of hydrogen-bond donors (Lipinski definition) is 1. The fourth-order valence-electron chi connectivity index (χ4n) is 2.96. The van der Waals surface area contributed by atoms with Crippen LogP contribution in [0.3, 0.4) is 0 Å². The summed E-state index contributed by atoms with van der Waals surface area (Å²) >= 11 is 0. The van der Waals surface area contributed by atoms with Crippen LogP contribution in [0.4, 0.5) is 0 Å². The molecule has 0 unspecified atom stereocenters. The number of aromatic nitrogens is 1. The third-order valence-electron chi connectivity index (χ3n) is 4.25. The normalized spacial score (nSPS) is 12.1. The minimum Gasteiger partial charge on any atom is -0.497 e. The third kappa shape index (κ3) is 2.86. The van der Waals surface area contributed by atoms with Gasteiger partial charge in [0.25, 0.3) is 0 Å². The van der Waals surface area contributed by atoms with Gasteiger partial charge in [-0.3, -0.25) is 4.79 Å². The third-order valence-corrected chi connectivity index (χ3v) is 4.25. The van der Waals surface area contributed by atoms with Crippen molar-refractivity contribution in [2.75, 3.05) is 21.0 Å². The predicted molar refractivity (Wildman–Crippen MR) is 97.2 cm³/mol. The predicted octanol–water partition coefficient (Wildman–Crippen LogP) is 3.45. The van der Waals surface area contributed by atoms with Crippen LogP contribution in [0.15, 0.2) is 53.3 Å². The van der Waals surface area contributed by atoms with Crippen molar-refractivity contribution in [1.29, 1.82) is 0 Å². The van der Waals surface area contributed by atoms with Gasteiger partial charge in [0.1, 0.15) is 11.5 Å². The Morgan fingerprint density at radius 1 is 0.885 bits per heavy atom. The van der Waals surface area contributed by atoms with E-state index in [1.807, 2.05) is 36.4 Å². The van der Waals surface area contributed by atoms with Crippen molar-refractivity contribution in [3.8, 4) is 45.4 Å². The van der Waals surface area contributed by atoms with Crippen molar-refractivity contribution in [3.63, 3.8) is 0 Å². The number of rotatable bonds is 4. The lowest BCUT2D eigenvalue weighted by atomic mass is 10.0. The number of ether oxygens (including phenoxy) is 4. The number of hydrogen-bond acceptors (Lipinski definition) is 5. The van der Waals surface area contributed by atoms with Gasteiger partial charge in [0.15, 0.2) is 11.5 Å². The molecular weight excluding hydrogens is 334 g/mol. The van der Waals surface area contributed by atoms with Crippen LogP contribution in [0.1, 0.15) is 0 Å². The van der Waals surface area contributed by atoms with Gasteiger partial charge >= 0.3 is 0 Å². The molecule has 0 atom stereocenters. The molecule has 1 aliphatic rings. The number of aromatic amines is 1. The van der Waals surface area contributed by atoms with Crippen LogP contribution in [0, 0.1) is 0 Å². The topological polar surface area (TPSA) is 69.8 Å². The fraction of sp³-hybridized carbons (Fsp3) is 0.150. The summed E-state index contributed by atoms with van der Waals surface area (Å²) in [5.41, 5.74) is 2.87. The molecule has 0 spiro atoms. The van der Waals surface area contributed by atoms with Crippen LogP contribution < -0.4 is 24.5 Å². The van der Waals surface area contributed by atoms with E-state index in [0.717, 1.165) is 16.7 Å². The van der Waals surface area contributed by atoms with Gasteiger partial charge in [-0.05, 0) is 42.0 Å². The Kier molecular flexibility index (Phi) is 4.01. The van der Waals surface area contributed by atoms with Gasteiger partial charge in [-0.15, -0.1) is 0 Å². The number of pyridine rings is 1. The molecule has 3 aromatic rings. The van der Waals surface area contributed by atoms with Gasteiger partial charge in [0.2, 0.25) is 12.4 Å². The maximum absolute atomic E-state index is 12.2. The smallest absolute Gasteiger partial charge is 0.249 e. The molecule has 0 fully saturated rings. The maximum atomic E-state index is 12.2. The molecule has 0 bridgehead atoms.